The second-order valence-electron chi connectivity index (χ2n) is 2.87. The van der Waals surface area contributed by atoms with E-state index in [1.54, 1.807) is 6.07 Å². The quantitative estimate of drug-likeness (QED) is 0.416. The van der Waals surface area contributed by atoms with E-state index < -0.39 is 5.82 Å². The van der Waals surface area contributed by atoms with E-state index in [9.17, 15) is 9.18 Å². The minimum atomic E-state index is -0.528. The Balaban J connectivity index is 3.14. The van der Waals surface area contributed by atoms with Gasteiger partial charge >= 0.3 is 0 Å². The molecule has 0 spiro atoms. The molecule has 0 aliphatic rings. The lowest BCUT2D eigenvalue weighted by Crippen LogP contribution is -2.03. The molecule has 1 nitrogen and oxygen atoms in total. The molecular weight excluding hydrogens is 191 g/mol. The molecule has 1 aromatic carbocycles. The Labute approximate surface area is 88.2 Å². The Kier molecular flexibility index (Phi) is 3.75. The minimum absolute atomic E-state index is 0.0468. The van der Waals surface area contributed by atoms with Gasteiger partial charge in [0.15, 0.2) is 5.78 Å². The van der Waals surface area contributed by atoms with Crippen molar-refractivity contribution in [1.29, 1.82) is 0 Å². The van der Waals surface area contributed by atoms with Gasteiger partial charge in [0.1, 0.15) is 5.82 Å². The number of benzene rings is 1. The lowest BCUT2D eigenvalue weighted by Gasteiger charge is -2.01. The molecule has 0 aromatic heterocycles. The molecule has 2 heteroatoms. The summed E-state index contributed by atoms with van der Waals surface area (Å²) in [5, 5.41) is 0. The molecule has 0 aliphatic carbocycles. The Bertz CT molecular complexity index is 430. The Morgan fingerprint density at radius 2 is 1.93 bits per heavy atom. The van der Waals surface area contributed by atoms with Gasteiger partial charge in [0.05, 0.1) is 5.56 Å². The number of rotatable bonds is 4. The molecule has 15 heavy (non-hydrogen) atoms. The zero-order chi connectivity index (χ0) is 11.3. The van der Waals surface area contributed by atoms with Crippen LogP contribution in [0, 0.1) is 5.82 Å². The highest BCUT2D eigenvalue weighted by Gasteiger charge is 2.12. The fourth-order valence-electron chi connectivity index (χ4n) is 1.16. The van der Waals surface area contributed by atoms with Crippen LogP contribution >= 0.6 is 0 Å². The van der Waals surface area contributed by atoms with Gasteiger partial charge in [-0.15, -0.1) is 0 Å². The summed E-state index contributed by atoms with van der Waals surface area (Å²) in [7, 11) is 0. The topological polar surface area (TPSA) is 17.1 Å². The van der Waals surface area contributed by atoms with Crippen molar-refractivity contribution in [3.05, 3.63) is 72.6 Å². The van der Waals surface area contributed by atoms with Gasteiger partial charge in [-0.25, -0.2) is 4.39 Å². The Hall–Kier alpha value is -1.96. The second-order valence-corrected chi connectivity index (χ2v) is 2.87. The third-order valence-electron chi connectivity index (χ3n) is 1.90. The minimum Gasteiger partial charge on any atom is -0.288 e. The molecule has 1 rings (SSSR count). The van der Waals surface area contributed by atoms with Gasteiger partial charge in [-0.1, -0.05) is 43.5 Å². The lowest BCUT2D eigenvalue weighted by molar-refractivity contribution is 0.103. The number of ketones is 1. The van der Waals surface area contributed by atoms with Crippen molar-refractivity contribution in [1.82, 2.24) is 0 Å². The van der Waals surface area contributed by atoms with Gasteiger partial charge in [-0.3, -0.25) is 4.79 Å². The van der Waals surface area contributed by atoms with Crippen molar-refractivity contribution in [3.63, 3.8) is 0 Å². The normalized spacial score (nSPS) is 10.9. The molecule has 0 bridgehead atoms. The maximum Gasteiger partial charge on any atom is 0.195 e. The molecule has 0 unspecified atom stereocenters. The molecule has 0 saturated heterocycles. The summed E-state index contributed by atoms with van der Waals surface area (Å²) >= 11 is 0. The average Bonchev–Trinajstić information content (AvgIpc) is 2.25. The monoisotopic (exact) mass is 202 g/mol. The second kappa shape index (κ2) is 5.05. The molecular formula is C13H11FO. The van der Waals surface area contributed by atoms with E-state index in [1.165, 1.54) is 36.4 Å². The van der Waals surface area contributed by atoms with Crippen LogP contribution in [0.1, 0.15) is 10.4 Å². The van der Waals surface area contributed by atoms with E-state index in [4.69, 9.17) is 0 Å². The summed E-state index contributed by atoms with van der Waals surface area (Å²) in [5.41, 5.74) is 0.376. The zero-order valence-electron chi connectivity index (χ0n) is 8.24. The predicted molar refractivity (Wildman–Crippen MR) is 59.2 cm³/mol. The third-order valence-corrected chi connectivity index (χ3v) is 1.90. The summed E-state index contributed by atoms with van der Waals surface area (Å²) in [6.45, 7) is 6.97. The van der Waals surface area contributed by atoms with Crippen LogP contribution in [0.4, 0.5) is 4.39 Å². The Morgan fingerprint density at radius 1 is 1.27 bits per heavy atom. The lowest BCUT2D eigenvalue weighted by atomic mass is 10.0. The maximum absolute atomic E-state index is 13.3. The highest BCUT2D eigenvalue weighted by atomic mass is 19.1. The van der Waals surface area contributed by atoms with Crippen molar-refractivity contribution >= 4 is 5.78 Å². The summed E-state index contributed by atoms with van der Waals surface area (Å²) in [6, 6.07) is 5.85. The van der Waals surface area contributed by atoms with Crippen molar-refractivity contribution < 1.29 is 9.18 Å². The third kappa shape index (κ3) is 2.50. The van der Waals surface area contributed by atoms with Crippen LogP contribution in [-0.4, -0.2) is 5.78 Å². The summed E-state index contributed by atoms with van der Waals surface area (Å²) < 4.78 is 13.3. The molecule has 0 heterocycles. The van der Waals surface area contributed by atoms with Crippen molar-refractivity contribution in [2.24, 2.45) is 0 Å². The molecule has 0 radical (unpaired) electrons. The number of halogens is 1. The van der Waals surface area contributed by atoms with E-state index >= 15 is 0 Å². The highest BCUT2D eigenvalue weighted by molar-refractivity contribution is 6.10. The number of carbonyl (C=O) groups excluding carboxylic acids is 1. The SMILES string of the molecule is C=C/C=C(\C=C)C(=O)c1ccccc1F. The van der Waals surface area contributed by atoms with Crippen LogP contribution < -0.4 is 0 Å². The Morgan fingerprint density at radius 3 is 2.47 bits per heavy atom. The molecule has 0 fully saturated rings. The van der Waals surface area contributed by atoms with Gasteiger partial charge in [-0.2, -0.15) is 0 Å². The van der Waals surface area contributed by atoms with Crippen LogP contribution in [0.2, 0.25) is 0 Å². The van der Waals surface area contributed by atoms with Crippen LogP contribution in [0.3, 0.4) is 0 Å². The van der Waals surface area contributed by atoms with Gasteiger partial charge in [0, 0.05) is 5.57 Å². The molecule has 0 saturated carbocycles. The van der Waals surface area contributed by atoms with E-state index in [1.807, 2.05) is 0 Å². The number of Topliss-reactive ketones (excluding diaryl/α,β-unsaturated/α-hetero) is 1. The average molecular weight is 202 g/mol. The molecule has 76 valence electrons. The van der Waals surface area contributed by atoms with Gasteiger partial charge < -0.3 is 0 Å². The molecule has 0 N–H and O–H groups in total. The van der Waals surface area contributed by atoms with Crippen LogP contribution in [0.5, 0.6) is 0 Å². The predicted octanol–water partition coefficient (Wildman–Crippen LogP) is 3.31. The van der Waals surface area contributed by atoms with E-state index in [0.29, 0.717) is 5.57 Å². The molecule has 0 aliphatic heterocycles. The number of carbonyl (C=O) groups is 1. The molecule has 0 amide bonds. The summed E-state index contributed by atoms with van der Waals surface area (Å²) in [6.07, 6.45) is 4.36. The van der Waals surface area contributed by atoms with E-state index in [2.05, 4.69) is 13.2 Å². The first-order chi connectivity index (χ1) is 7.20. The van der Waals surface area contributed by atoms with Gasteiger partial charge in [0.2, 0.25) is 0 Å². The summed E-state index contributed by atoms with van der Waals surface area (Å²) in [5.74, 6) is -0.915. The van der Waals surface area contributed by atoms with Crippen molar-refractivity contribution in [3.8, 4) is 0 Å². The van der Waals surface area contributed by atoms with E-state index in [0.717, 1.165) is 0 Å². The standard InChI is InChI=1S/C13H11FO/c1-3-7-10(4-2)13(15)11-8-5-6-9-12(11)14/h3-9H,1-2H2/b10-7+. The van der Waals surface area contributed by atoms with Crippen LogP contribution in [-0.2, 0) is 0 Å². The highest BCUT2D eigenvalue weighted by Crippen LogP contribution is 2.13. The van der Waals surface area contributed by atoms with Gasteiger partial charge in [-0.05, 0) is 12.1 Å². The summed E-state index contributed by atoms with van der Waals surface area (Å²) in [4.78, 5) is 11.8. The largest absolute Gasteiger partial charge is 0.288 e. The molecule has 0 atom stereocenters. The fourth-order valence-corrected chi connectivity index (χ4v) is 1.16. The smallest absolute Gasteiger partial charge is 0.195 e. The van der Waals surface area contributed by atoms with Crippen molar-refractivity contribution in [2.45, 2.75) is 0 Å². The molecule has 1 aromatic rings. The maximum atomic E-state index is 13.3. The first-order valence-corrected chi connectivity index (χ1v) is 4.45. The van der Waals surface area contributed by atoms with Crippen LogP contribution in [0.25, 0.3) is 0 Å². The number of hydrogen-bond donors (Lipinski definition) is 0. The number of hydrogen-bond acceptors (Lipinski definition) is 1. The van der Waals surface area contributed by atoms with E-state index in [-0.39, 0.29) is 11.3 Å². The fraction of sp³-hybridized carbons (Fsp3) is 0. The first kappa shape index (κ1) is 11.1. The van der Waals surface area contributed by atoms with Crippen LogP contribution in [0.15, 0.2) is 61.2 Å². The van der Waals surface area contributed by atoms with Gasteiger partial charge in [0.25, 0.3) is 0 Å². The van der Waals surface area contributed by atoms with Crippen molar-refractivity contribution in [2.75, 3.05) is 0 Å². The number of allylic oxidation sites excluding steroid dienone is 4. The zero-order valence-corrected chi connectivity index (χ0v) is 8.24. The first-order valence-electron chi connectivity index (χ1n) is 4.45.